The molecule has 1 N–H and O–H groups in total. The van der Waals surface area contributed by atoms with Crippen LogP contribution in [-0.4, -0.2) is 30.8 Å². The van der Waals surface area contributed by atoms with E-state index in [1.54, 1.807) is 31.2 Å². The molecule has 3 rings (SSSR count). The number of nitrogens with zero attached hydrogens (tertiary/aromatic N) is 4. The van der Waals surface area contributed by atoms with E-state index in [4.69, 9.17) is 0 Å². The molecule has 0 spiro atoms. The van der Waals surface area contributed by atoms with Gasteiger partial charge in [-0.15, -0.1) is 0 Å². The van der Waals surface area contributed by atoms with Gasteiger partial charge in [0, 0.05) is 17.8 Å². The molecular weight excluding hydrogens is 288 g/mol. The van der Waals surface area contributed by atoms with Crippen LogP contribution in [0, 0.1) is 17.0 Å². The fourth-order valence-electron chi connectivity index (χ4n) is 2.22. The van der Waals surface area contributed by atoms with E-state index in [1.165, 1.54) is 16.9 Å². The molecular formula is C14H10N4O4. The minimum Gasteiger partial charge on any atom is -0.476 e. The highest BCUT2D eigenvalue weighted by molar-refractivity contribution is 6.00. The van der Waals surface area contributed by atoms with E-state index in [-0.39, 0.29) is 11.4 Å². The van der Waals surface area contributed by atoms with Crippen molar-refractivity contribution in [1.82, 2.24) is 14.8 Å². The lowest BCUT2D eigenvalue weighted by Crippen LogP contribution is -2.02. The normalized spacial score (nSPS) is 10.8. The number of aryl methyl sites for hydroxylation is 1. The van der Waals surface area contributed by atoms with Crippen LogP contribution in [-0.2, 0) is 0 Å². The topological polar surface area (TPSA) is 111 Å². The van der Waals surface area contributed by atoms with E-state index in [1.807, 2.05) is 0 Å². The standard InChI is InChI=1S/C14H10N4O4/c1-8-4-5-9(7-11(8)18(21)22)17-13-10(3-2-6-15-13)12(16-17)14(19)20/h2-7H,1H3,(H,19,20). The van der Waals surface area contributed by atoms with Gasteiger partial charge in [0.05, 0.1) is 16.0 Å². The highest BCUT2D eigenvalue weighted by Gasteiger charge is 2.19. The fourth-order valence-corrected chi connectivity index (χ4v) is 2.22. The van der Waals surface area contributed by atoms with Gasteiger partial charge in [0.2, 0.25) is 0 Å². The van der Waals surface area contributed by atoms with Gasteiger partial charge in [0.15, 0.2) is 11.3 Å². The summed E-state index contributed by atoms with van der Waals surface area (Å²) in [6.45, 7) is 1.63. The Hall–Kier alpha value is -3.29. The van der Waals surface area contributed by atoms with Crippen molar-refractivity contribution >= 4 is 22.7 Å². The van der Waals surface area contributed by atoms with Crippen LogP contribution in [0.25, 0.3) is 16.7 Å². The third-order valence-electron chi connectivity index (χ3n) is 3.28. The minimum absolute atomic E-state index is 0.0612. The van der Waals surface area contributed by atoms with Gasteiger partial charge < -0.3 is 5.11 Å². The van der Waals surface area contributed by atoms with Crippen molar-refractivity contribution in [2.45, 2.75) is 6.92 Å². The van der Waals surface area contributed by atoms with Gasteiger partial charge in [-0.25, -0.2) is 14.5 Å². The maximum absolute atomic E-state index is 11.3. The first-order valence-electron chi connectivity index (χ1n) is 6.31. The molecule has 0 bridgehead atoms. The Morgan fingerprint density at radius 1 is 1.36 bits per heavy atom. The molecule has 0 aliphatic heterocycles. The van der Waals surface area contributed by atoms with Gasteiger partial charge in [0.25, 0.3) is 5.69 Å². The molecule has 0 fully saturated rings. The predicted molar refractivity (Wildman–Crippen MR) is 77.2 cm³/mol. The maximum Gasteiger partial charge on any atom is 0.357 e. The summed E-state index contributed by atoms with van der Waals surface area (Å²) in [6, 6.07) is 7.78. The van der Waals surface area contributed by atoms with E-state index in [0.717, 1.165) is 0 Å². The summed E-state index contributed by atoms with van der Waals surface area (Å²) in [5.41, 5.74) is 1.02. The number of fused-ring (bicyclic) bond motifs is 1. The zero-order chi connectivity index (χ0) is 15.9. The van der Waals surface area contributed by atoms with Crippen molar-refractivity contribution in [2.75, 3.05) is 0 Å². The van der Waals surface area contributed by atoms with Crippen LogP contribution in [0.1, 0.15) is 16.1 Å². The Morgan fingerprint density at radius 2 is 2.14 bits per heavy atom. The molecule has 0 aliphatic rings. The Labute approximate surface area is 123 Å². The van der Waals surface area contributed by atoms with Crippen molar-refractivity contribution in [3.63, 3.8) is 0 Å². The second-order valence-electron chi connectivity index (χ2n) is 4.67. The average molecular weight is 298 g/mol. The van der Waals surface area contributed by atoms with E-state index in [0.29, 0.717) is 22.3 Å². The number of carboxylic acid groups (broad SMARTS) is 1. The monoisotopic (exact) mass is 298 g/mol. The van der Waals surface area contributed by atoms with Crippen LogP contribution >= 0.6 is 0 Å². The van der Waals surface area contributed by atoms with Crippen LogP contribution in [0.15, 0.2) is 36.5 Å². The molecule has 1 aromatic carbocycles. The average Bonchev–Trinajstić information content (AvgIpc) is 2.87. The van der Waals surface area contributed by atoms with Crippen LogP contribution in [0.5, 0.6) is 0 Å². The summed E-state index contributed by atoms with van der Waals surface area (Å²) in [7, 11) is 0. The first-order chi connectivity index (χ1) is 10.5. The molecule has 0 atom stereocenters. The van der Waals surface area contributed by atoms with Crippen LogP contribution in [0.2, 0.25) is 0 Å². The maximum atomic E-state index is 11.3. The number of benzene rings is 1. The van der Waals surface area contributed by atoms with Gasteiger partial charge in [-0.3, -0.25) is 10.1 Å². The number of nitro groups is 1. The molecule has 0 saturated carbocycles. The van der Waals surface area contributed by atoms with Gasteiger partial charge in [-0.2, -0.15) is 5.10 Å². The highest BCUT2D eigenvalue weighted by atomic mass is 16.6. The fraction of sp³-hybridized carbons (Fsp3) is 0.0714. The quantitative estimate of drug-likeness (QED) is 0.586. The van der Waals surface area contributed by atoms with Crippen molar-refractivity contribution in [3.8, 4) is 5.69 Å². The summed E-state index contributed by atoms with van der Waals surface area (Å²) in [5, 5.41) is 24.7. The van der Waals surface area contributed by atoms with Crippen molar-refractivity contribution in [2.24, 2.45) is 0 Å². The Kier molecular flexibility index (Phi) is 3.06. The lowest BCUT2D eigenvalue weighted by Gasteiger charge is -2.04. The molecule has 0 saturated heterocycles. The van der Waals surface area contributed by atoms with Crippen molar-refractivity contribution in [1.29, 1.82) is 0 Å². The number of pyridine rings is 1. The summed E-state index contributed by atoms with van der Waals surface area (Å²) in [4.78, 5) is 26.0. The molecule has 0 amide bonds. The lowest BCUT2D eigenvalue weighted by atomic mass is 10.2. The number of hydrogen-bond donors (Lipinski definition) is 1. The van der Waals surface area contributed by atoms with Gasteiger partial charge in [0.1, 0.15) is 0 Å². The third-order valence-corrected chi connectivity index (χ3v) is 3.28. The van der Waals surface area contributed by atoms with Gasteiger partial charge in [-0.1, -0.05) is 6.07 Å². The molecule has 0 aliphatic carbocycles. The molecule has 22 heavy (non-hydrogen) atoms. The largest absolute Gasteiger partial charge is 0.476 e. The smallest absolute Gasteiger partial charge is 0.357 e. The van der Waals surface area contributed by atoms with Gasteiger partial charge >= 0.3 is 5.97 Å². The van der Waals surface area contributed by atoms with Crippen LogP contribution in [0.4, 0.5) is 5.69 Å². The Bertz CT molecular complexity index is 916. The molecule has 3 aromatic rings. The van der Waals surface area contributed by atoms with E-state index >= 15 is 0 Å². The molecule has 2 heterocycles. The molecule has 110 valence electrons. The molecule has 0 radical (unpaired) electrons. The van der Waals surface area contributed by atoms with Crippen LogP contribution < -0.4 is 0 Å². The summed E-state index contributed by atoms with van der Waals surface area (Å²) < 4.78 is 1.30. The lowest BCUT2D eigenvalue weighted by molar-refractivity contribution is -0.385. The summed E-state index contributed by atoms with van der Waals surface area (Å²) >= 11 is 0. The van der Waals surface area contributed by atoms with E-state index in [2.05, 4.69) is 10.1 Å². The molecule has 8 heteroatoms. The van der Waals surface area contributed by atoms with Crippen molar-refractivity contribution < 1.29 is 14.8 Å². The summed E-state index contributed by atoms with van der Waals surface area (Å²) in [6.07, 6.45) is 1.51. The Morgan fingerprint density at radius 3 is 2.82 bits per heavy atom. The van der Waals surface area contributed by atoms with Crippen LogP contribution in [0.3, 0.4) is 0 Å². The third kappa shape index (κ3) is 2.06. The van der Waals surface area contributed by atoms with E-state index in [9.17, 15) is 20.0 Å². The molecule has 2 aromatic heterocycles. The zero-order valence-corrected chi connectivity index (χ0v) is 11.4. The number of aromatic carboxylic acids is 1. The number of carbonyl (C=O) groups is 1. The minimum atomic E-state index is -1.18. The second-order valence-corrected chi connectivity index (χ2v) is 4.67. The number of carboxylic acids is 1. The highest BCUT2D eigenvalue weighted by Crippen LogP contribution is 2.25. The number of aromatic nitrogens is 3. The first kappa shape index (κ1) is 13.7. The van der Waals surface area contributed by atoms with E-state index < -0.39 is 10.9 Å². The summed E-state index contributed by atoms with van der Waals surface area (Å²) in [5.74, 6) is -1.18. The number of nitro benzene ring substituents is 1. The second kappa shape index (κ2) is 4.92. The first-order valence-corrected chi connectivity index (χ1v) is 6.31. The Balaban J connectivity index is 2.29. The molecule has 8 nitrogen and oxygen atoms in total. The SMILES string of the molecule is Cc1ccc(-n2nc(C(=O)O)c3cccnc32)cc1[N+](=O)[O-]. The number of rotatable bonds is 3. The van der Waals surface area contributed by atoms with Gasteiger partial charge in [-0.05, 0) is 25.1 Å². The molecule has 0 unspecified atom stereocenters. The zero-order valence-electron chi connectivity index (χ0n) is 11.4. The number of hydrogen-bond acceptors (Lipinski definition) is 5. The predicted octanol–water partition coefficient (Wildman–Crippen LogP) is 2.34. The van der Waals surface area contributed by atoms with Crippen molar-refractivity contribution in [3.05, 3.63) is 57.9 Å².